The van der Waals surface area contributed by atoms with E-state index in [1.54, 1.807) is 0 Å². The van der Waals surface area contributed by atoms with Crippen LogP contribution in [0.2, 0.25) is 0 Å². The van der Waals surface area contributed by atoms with Gasteiger partial charge in [-0.1, -0.05) is 26.7 Å². The predicted molar refractivity (Wildman–Crippen MR) is 61.6 cm³/mol. The molecule has 0 fully saturated rings. The van der Waals surface area contributed by atoms with Crippen molar-refractivity contribution in [1.29, 1.82) is 0 Å². The minimum absolute atomic E-state index is 0. The fourth-order valence-electron chi connectivity index (χ4n) is 1.39. The summed E-state index contributed by atoms with van der Waals surface area (Å²) in [6.07, 6.45) is 19.3. The number of hydrogen-bond donors (Lipinski definition) is 0. The van der Waals surface area contributed by atoms with Crippen molar-refractivity contribution in [3.8, 4) is 0 Å². The van der Waals surface area contributed by atoms with Crippen LogP contribution < -0.4 is 9.41 Å². The van der Waals surface area contributed by atoms with E-state index >= 15 is 0 Å². The Hall–Kier alpha value is -0.310. The van der Waals surface area contributed by atoms with E-state index in [2.05, 4.69) is 50.3 Å². The molecule has 3 heteroatoms. The van der Waals surface area contributed by atoms with Crippen LogP contribution in [-0.2, 0) is 25.8 Å². The summed E-state index contributed by atoms with van der Waals surface area (Å²) in [5.41, 5.74) is 2.72. The van der Waals surface area contributed by atoms with Crippen LogP contribution in [0.4, 0.5) is 0 Å². The van der Waals surface area contributed by atoms with Crippen molar-refractivity contribution in [2.45, 2.75) is 39.5 Å². The Bertz CT molecular complexity index is 259. The summed E-state index contributed by atoms with van der Waals surface area (Å²) in [6, 6.07) is 0. The van der Waals surface area contributed by atoms with Crippen LogP contribution in [0.5, 0.6) is 0 Å². The standard InChI is InChI=1S/2C7H9.2FH.Hf/c2*1-2-7-5-3-4-6-7;;;/h2*3,5H,2,4H2,1H3;2*1H;/q2*-1;;;+4/p-2. The Balaban J connectivity index is -0.000000196. The molecule has 17 heavy (non-hydrogen) atoms. The zero-order chi connectivity index (χ0) is 10.2. The zero-order valence-corrected chi connectivity index (χ0v) is 14.0. The largest absolute Gasteiger partial charge is 4.00 e. The summed E-state index contributed by atoms with van der Waals surface area (Å²) >= 11 is 0. The van der Waals surface area contributed by atoms with Crippen molar-refractivity contribution < 1.29 is 35.3 Å². The molecule has 0 aromatic carbocycles. The van der Waals surface area contributed by atoms with Gasteiger partial charge in [0.2, 0.25) is 0 Å². The minimum atomic E-state index is 0. The van der Waals surface area contributed by atoms with Crippen LogP contribution in [-0.4, -0.2) is 0 Å². The fourth-order valence-corrected chi connectivity index (χ4v) is 1.39. The van der Waals surface area contributed by atoms with Gasteiger partial charge in [0.15, 0.2) is 0 Å². The van der Waals surface area contributed by atoms with Gasteiger partial charge in [-0.25, -0.2) is 23.3 Å². The first-order valence-electron chi connectivity index (χ1n) is 5.39. The topological polar surface area (TPSA) is 0 Å². The quantitative estimate of drug-likeness (QED) is 0.377. The maximum Gasteiger partial charge on any atom is 4.00 e. The molecule has 0 aliphatic heterocycles. The van der Waals surface area contributed by atoms with Gasteiger partial charge in [-0.2, -0.15) is 12.2 Å². The Morgan fingerprint density at radius 1 is 0.882 bits per heavy atom. The molecule has 0 unspecified atom stereocenters. The second kappa shape index (κ2) is 13.8. The first kappa shape index (κ1) is 21.9. The second-order valence-corrected chi connectivity index (χ2v) is 3.32. The summed E-state index contributed by atoms with van der Waals surface area (Å²) in [7, 11) is 0. The average molecular weight is 403 g/mol. The predicted octanol–water partition coefficient (Wildman–Crippen LogP) is -1.82. The molecule has 0 aromatic heterocycles. The van der Waals surface area contributed by atoms with Crippen molar-refractivity contribution >= 4 is 0 Å². The SMILES string of the molecule is CCC1=[C-]CC=C1.CCC1=[C-]CC=C1.[F-].[F-].[Hf+4]. The van der Waals surface area contributed by atoms with Crippen LogP contribution in [0.1, 0.15) is 39.5 Å². The molecular formula is C14H18F2Hf. The molecule has 0 nitrogen and oxygen atoms in total. The average Bonchev–Trinajstić information content (AvgIpc) is 2.92. The van der Waals surface area contributed by atoms with Gasteiger partial charge in [-0.15, -0.1) is 12.8 Å². The maximum absolute atomic E-state index is 3.21. The number of rotatable bonds is 2. The molecule has 0 atom stereocenters. The first-order chi connectivity index (χ1) is 6.86. The van der Waals surface area contributed by atoms with Gasteiger partial charge in [0.25, 0.3) is 0 Å². The molecule has 0 bridgehead atoms. The van der Waals surface area contributed by atoms with Gasteiger partial charge in [-0.05, 0) is 0 Å². The van der Waals surface area contributed by atoms with Gasteiger partial charge in [-0.3, -0.25) is 12.2 Å². The Morgan fingerprint density at radius 2 is 1.24 bits per heavy atom. The van der Waals surface area contributed by atoms with Gasteiger partial charge in [0, 0.05) is 0 Å². The minimum Gasteiger partial charge on any atom is -1.00 e. The molecule has 0 heterocycles. The zero-order valence-electron chi connectivity index (χ0n) is 10.4. The molecule has 0 aromatic rings. The third-order valence-corrected chi connectivity index (χ3v) is 2.29. The van der Waals surface area contributed by atoms with Gasteiger partial charge >= 0.3 is 25.8 Å². The fraction of sp³-hybridized carbons (Fsp3) is 0.429. The molecule has 0 amide bonds. The van der Waals surface area contributed by atoms with Crippen molar-refractivity contribution in [3.63, 3.8) is 0 Å². The van der Waals surface area contributed by atoms with Crippen molar-refractivity contribution in [3.05, 3.63) is 47.6 Å². The summed E-state index contributed by atoms with van der Waals surface area (Å²) in [5, 5.41) is 0. The van der Waals surface area contributed by atoms with E-state index < -0.39 is 0 Å². The molecule has 2 aliphatic rings. The molecule has 0 saturated heterocycles. The number of halogens is 2. The molecule has 0 radical (unpaired) electrons. The number of allylic oxidation sites excluding steroid dienone is 8. The van der Waals surface area contributed by atoms with Crippen molar-refractivity contribution in [1.82, 2.24) is 0 Å². The molecule has 0 saturated carbocycles. The van der Waals surface area contributed by atoms with Crippen LogP contribution in [0.3, 0.4) is 0 Å². The van der Waals surface area contributed by atoms with Crippen LogP contribution in [0.25, 0.3) is 0 Å². The Kier molecular flexibility index (Phi) is 17.7. The normalized spacial score (nSPS) is 14.5. The molecule has 0 spiro atoms. The van der Waals surface area contributed by atoms with E-state index in [9.17, 15) is 0 Å². The monoisotopic (exact) mass is 404 g/mol. The van der Waals surface area contributed by atoms with E-state index in [1.165, 1.54) is 11.1 Å². The van der Waals surface area contributed by atoms with E-state index in [1.807, 2.05) is 0 Å². The molecule has 0 N–H and O–H groups in total. The molecule has 2 rings (SSSR count). The summed E-state index contributed by atoms with van der Waals surface area (Å²) in [5.74, 6) is 0. The van der Waals surface area contributed by atoms with Gasteiger partial charge < -0.3 is 9.41 Å². The smallest absolute Gasteiger partial charge is 1.00 e. The summed E-state index contributed by atoms with van der Waals surface area (Å²) in [6.45, 7) is 4.30. The van der Waals surface area contributed by atoms with E-state index in [0.29, 0.717) is 0 Å². The Labute approximate surface area is 122 Å². The summed E-state index contributed by atoms with van der Waals surface area (Å²) in [4.78, 5) is 0. The van der Waals surface area contributed by atoms with Crippen LogP contribution >= 0.6 is 0 Å². The Morgan fingerprint density at radius 3 is 1.35 bits per heavy atom. The molecule has 2 aliphatic carbocycles. The second-order valence-electron chi connectivity index (χ2n) is 3.32. The molecule has 92 valence electrons. The molecular weight excluding hydrogens is 385 g/mol. The number of hydrogen-bond acceptors (Lipinski definition) is 0. The van der Waals surface area contributed by atoms with Gasteiger partial charge in [0.05, 0.1) is 0 Å². The first-order valence-corrected chi connectivity index (χ1v) is 5.39. The van der Waals surface area contributed by atoms with Crippen molar-refractivity contribution in [2.24, 2.45) is 0 Å². The van der Waals surface area contributed by atoms with E-state index in [0.717, 1.165) is 25.7 Å². The third kappa shape index (κ3) is 9.40. The van der Waals surface area contributed by atoms with E-state index in [-0.39, 0.29) is 35.3 Å². The van der Waals surface area contributed by atoms with Crippen LogP contribution in [0, 0.1) is 12.2 Å². The summed E-state index contributed by atoms with van der Waals surface area (Å²) < 4.78 is 0. The van der Waals surface area contributed by atoms with Crippen molar-refractivity contribution in [2.75, 3.05) is 0 Å². The van der Waals surface area contributed by atoms with Crippen LogP contribution in [0.15, 0.2) is 35.5 Å². The third-order valence-electron chi connectivity index (χ3n) is 2.29. The van der Waals surface area contributed by atoms with E-state index in [4.69, 9.17) is 0 Å². The maximum atomic E-state index is 3.21. The van der Waals surface area contributed by atoms with Gasteiger partial charge in [0.1, 0.15) is 0 Å².